The molecular weight excluding hydrogens is 214 g/mol. The first-order valence-electron chi connectivity index (χ1n) is 6.61. The summed E-state index contributed by atoms with van der Waals surface area (Å²) in [5.41, 5.74) is -0.610. The van der Waals surface area contributed by atoms with Crippen LogP contribution >= 0.6 is 0 Å². The van der Waals surface area contributed by atoms with Gasteiger partial charge in [0.05, 0.1) is 5.41 Å². The van der Waals surface area contributed by atoms with E-state index in [0.717, 1.165) is 30.8 Å². The molecule has 2 N–H and O–H groups in total. The van der Waals surface area contributed by atoms with Gasteiger partial charge in [-0.05, 0) is 64.0 Å². The number of carbonyl (C=O) groups is 1. The summed E-state index contributed by atoms with van der Waals surface area (Å²) in [5.74, 6) is 1.67. The lowest BCUT2D eigenvalue weighted by molar-refractivity contribution is -0.147. The summed E-state index contributed by atoms with van der Waals surface area (Å²) < 4.78 is 0. The summed E-state index contributed by atoms with van der Waals surface area (Å²) in [6.07, 6.45) is 8.07. The maximum absolute atomic E-state index is 10.9. The molecule has 1 fully saturated rings. The molecule has 0 aromatic carbocycles. The molecule has 3 atom stereocenters. The quantitative estimate of drug-likeness (QED) is 0.550. The number of aliphatic carboxylic acids is 1. The molecule has 2 aliphatic carbocycles. The maximum atomic E-state index is 10.9. The van der Waals surface area contributed by atoms with Crippen LogP contribution in [0.15, 0.2) is 12.2 Å². The minimum Gasteiger partial charge on any atom is -0.481 e. The van der Waals surface area contributed by atoms with Crippen molar-refractivity contribution in [2.75, 3.05) is 13.1 Å². The minimum atomic E-state index is -0.706. The van der Waals surface area contributed by atoms with Crippen molar-refractivity contribution in [1.82, 2.24) is 5.32 Å². The van der Waals surface area contributed by atoms with Crippen LogP contribution in [-0.4, -0.2) is 24.2 Å². The molecule has 2 bridgehead atoms. The molecule has 3 nitrogen and oxygen atoms in total. The van der Waals surface area contributed by atoms with Gasteiger partial charge in [-0.25, -0.2) is 0 Å². The fraction of sp³-hybridized carbons (Fsp3) is 0.786. The van der Waals surface area contributed by atoms with Crippen molar-refractivity contribution in [1.29, 1.82) is 0 Å². The third-order valence-electron chi connectivity index (χ3n) is 4.33. The topological polar surface area (TPSA) is 49.3 Å². The van der Waals surface area contributed by atoms with E-state index in [0.29, 0.717) is 6.42 Å². The third-order valence-corrected chi connectivity index (χ3v) is 4.33. The summed E-state index contributed by atoms with van der Waals surface area (Å²) in [5, 5.41) is 12.4. The molecule has 0 amide bonds. The van der Waals surface area contributed by atoms with Crippen molar-refractivity contribution in [3.8, 4) is 0 Å². The van der Waals surface area contributed by atoms with Crippen LogP contribution in [0.2, 0.25) is 0 Å². The molecule has 0 aromatic heterocycles. The zero-order valence-electron chi connectivity index (χ0n) is 10.8. The second kappa shape index (κ2) is 4.81. The monoisotopic (exact) mass is 237 g/mol. The zero-order chi connectivity index (χ0) is 12.5. The summed E-state index contributed by atoms with van der Waals surface area (Å²) >= 11 is 0. The zero-order valence-corrected chi connectivity index (χ0v) is 10.8. The number of hydrogen-bond donors (Lipinski definition) is 2. The molecular formula is C14H23NO2. The van der Waals surface area contributed by atoms with Gasteiger partial charge in [0.15, 0.2) is 0 Å². The van der Waals surface area contributed by atoms with Gasteiger partial charge in [0.2, 0.25) is 0 Å². The van der Waals surface area contributed by atoms with Crippen molar-refractivity contribution in [2.45, 2.75) is 33.1 Å². The van der Waals surface area contributed by atoms with E-state index in [-0.39, 0.29) is 0 Å². The van der Waals surface area contributed by atoms with Crippen LogP contribution in [0.5, 0.6) is 0 Å². The first kappa shape index (κ1) is 12.6. The van der Waals surface area contributed by atoms with Crippen LogP contribution in [0.3, 0.4) is 0 Å². The Hall–Kier alpha value is -0.830. The highest BCUT2D eigenvalue weighted by Crippen LogP contribution is 2.42. The molecule has 0 saturated heterocycles. The molecule has 2 rings (SSSR count). The highest BCUT2D eigenvalue weighted by Gasteiger charge is 2.35. The van der Waals surface area contributed by atoms with E-state index in [4.69, 9.17) is 5.11 Å². The molecule has 3 unspecified atom stereocenters. The Morgan fingerprint density at radius 1 is 1.41 bits per heavy atom. The second-order valence-corrected chi connectivity index (χ2v) is 6.18. The number of fused-ring (bicyclic) bond motifs is 2. The van der Waals surface area contributed by atoms with E-state index >= 15 is 0 Å². The molecule has 0 aliphatic heterocycles. The lowest BCUT2D eigenvalue weighted by Gasteiger charge is -2.22. The number of allylic oxidation sites excluding steroid dienone is 2. The van der Waals surface area contributed by atoms with Crippen molar-refractivity contribution in [3.63, 3.8) is 0 Å². The molecule has 0 heterocycles. The fourth-order valence-corrected chi connectivity index (χ4v) is 2.92. The Morgan fingerprint density at radius 3 is 2.71 bits per heavy atom. The predicted molar refractivity (Wildman–Crippen MR) is 67.7 cm³/mol. The summed E-state index contributed by atoms with van der Waals surface area (Å²) in [4.78, 5) is 10.9. The van der Waals surface area contributed by atoms with Crippen LogP contribution < -0.4 is 5.32 Å². The summed E-state index contributed by atoms with van der Waals surface area (Å²) in [6.45, 7) is 5.42. The number of carboxylic acid groups (broad SMARTS) is 1. The van der Waals surface area contributed by atoms with E-state index in [2.05, 4.69) is 17.5 Å². The average molecular weight is 237 g/mol. The first-order chi connectivity index (χ1) is 7.99. The normalized spacial score (nSPS) is 31.1. The minimum absolute atomic E-state index is 0.610. The first-order valence-corrected chi connectivity index (χ1v) is 6.61. The van der Waals surface area contributed by atoms with Crippen LogP contribution in [0.1, 0.15) is 33.1 Å². The van der Waals surface area contributed by atoms with Crippen LogP contribution in [0.25, 0.3) is 0 Å². The highest BCUT2D eigenvalue weighted by atomic mass is 16.4. The van der Waals surface area contributed by atoms with Gasteiger partial charge in [0.25, 0.3) is 0 Å². The Kier molecular flexibility index (Phi) is 3.57. The largest absolute Gasteiger partial charge is 0.481 e. The summed E-state index contributed by atoms with van der Waals surface area (Å²) in [7, 11) is 0. The molecule has 0 aromatic rings. The molecule has 1 saturated carbocycles. The lowest BCUT2D eigenvalue weighted by Crippen LogP contribution is -2.32. The second-order valence-electron chi connectivity index (χ2n) is 6.18. The van der Waals surface area contributed by atoms with Crippen LogP contribution in [0, 0.1) is 23.2 Å². The average Bonchev–Trinajstić information content (AvgIpc) is 2.85. The Balaban J connectivity index is 1.64. The standard InChI is InChI=1S/C14H23NO2/c1-14(2,13(16)17)5-6-15-9-12-8-10-3-4-11(12)7-10/h3-4,10-12,15H,5-9H2,1-2H3,(H,16,17). The molecule has 3 heteroatoms. The number of carboxylic acids is 1. The Labute approximate surface area is 103 Å². The predicted octanol–water partition coefficient (Wildman–Crippen LogP) is 2.29. The van der Waals surface area contributed by atoms with Crippen molar-refractivity contribution >= 4 is 5.97 Å². The van der Waals surface area contributed by atoms with Gasteiger partial charge in [-0.1, -0.05) is 12.2 Å². The molecule has 0 radical (unpaired) electrons. The highest BCUT2D eigenvalue weighted by molar-refractivity contribution is 5.73. The molecule has 2 aliphatic rings. The van der Waals surface area contributed by atoms with Gasteiger partial charge < -0.3 is 10.4 Å². The van der Waals surface area contributed by atoms with E-state index in [1.165, 1.54) is 12.8 Å². The Morgan fingerprint density at radius 2 is 2.18 bits per heavy atom. The SMILES string of the molecule is CC(C)(CCNCC1CC2C=CC1C2)C(=O)O. The van der Waals surface area contributed by atoms with Crippen molar-refractivity contribution in [2.24, 2.45) is 23.2 Å². The van der Waals surface area contributed by atoms with Gasteiger partial charge in [-0.15, -0.1) is 0 Å². The third kappa shape index (κ3) is 2.89. The van der Waals surface area contributed by atoms with Gasteiger partial charge in [-0.3, -0.25) is 4.79 Å². The number of rotatable bonds is 6. The summed E-state index contributed by atoms with van der Waals surface area (Å²) in [6, 6.07) is 0. The lowest BCUT2D eigenvalue weighted by atomic mass is 9.89. The molecule has 0 spiro atoms. The van der Waals surface area contributed by atoms with Crippen LogP contribution in [-0.2, 0) is 4.79 Å². The maximum Gasteiger partial charge on any atom is 0.309 e. The van der Waals surface area contributed by atoms with Gasteiger partial charge >= 0.3 is 5.97 Å². The molecule has 17 heavy (non-hydrogen) atoms. The van der Waals surface area contributed by atoms with E-state index in [9.17, 15) is 4.79 Å². The van der Waals surface area contributed by atoms with Gasteiger partial charge in [-0.2, -0.15) is 0 Å². The molecule has 96 valence electrons. The van der Waals surface area contributed by atoms with Crippen LogP contribution in [0.4, 0.5) is 0 Å². The smallest absolute Gasteiger partial charge is 0.309 e. The Bertz CT molecular complexity index is 322. The van der Waals surface area contributed by atoms with E-state index in [1.54, 1.807) is 13.8 Å². The van der Waals surface area contributed by atoms with Crippen molar-refractivity contribution < 1.29 is 9.90 Å². The van der Waals surface area contributed by atoms with E-state index < -0.39 is 11.4 Å². The van der Waals surface area contributed by atoms with Gasteiger partial charge in [0.1, 0.15) is 0 Å². The number of hydrogen-bond acceptors (Lipinski definition) is 2. The van der Waals surface area contributed by atoms with E-state index in [1.807, 2.05) is 0 Å². The van der Waals surface area contributed by atoms with Gasteiger partial charge in [0, 0.05) is 0 Å². The fourth-order valence-electron chi connectivity index (χ4n) is 2.92. The van der Waals surface area contributed by atoms with Crippen molar-refractivity contribution in [3.05, 3.63) is 12.2 Å². The number of nitrogens with one attached hydrogen (secondary N) is 1.